The minimum absolute atomic E-state index is 0.0118. The van der Waals surface area contributed by atoms with Gasteiger partial charge in [-0.25, -0.2) is 13.9 Å². The first-order valence-electron chi connectivity index (χ1n) is 28.1. The molecule has 15 nitrogen and oxygen atoms in total. The Labute approximate surface area is 447 Å². The van der Waals surface area contributed by atoms with Crippen LogP contribution < -0.4 is 10.9 Å². The van der Waals surface area contributed by atoms with E-state index in [1.807, 2.05) is 37.9 Å². The molecule has 2 saturated carbocycles. The second-order valence-corrected chi connectivity index (χ2v) is 20.8. The van der Waals surface area contributed by atoms with Gasteiger partial charge in [0.05, 0.1) is 47.0 Å². The van der Waals surface area contributed by atoms with E-state index in [-0.39, 0.29) is 46.8 Å². The molecular weight excluding hydrogens is 971 g/mol. The van der Waals surface area contributed by atoms with Gasteiger partial charge < -0.3 is 29.7 Å². The Morgan fingerprint density at radius 1 is 0.684 bits per heavy atom. The molecule has 1 aromatic heterocycles. The van der Waals surface area contributed by atoms with Crippen LogP contribution in [0.25, 0.3) is 10.8 Å². The van der Waals surface area contributed by atoms with E-state index in [1.165, 1.54) is 56.7 Å². The highest BCUT2D eigenvalue weighted by atomic mass is 19.1. The van der Waals surface area contributed by atoms with Gasteiger partial charge in [0, 0.05) is 83.2 Å². The second-order valence-electron chi connectivity index (χ2n) is 20.8. The lowest BCUT2D eigenvalue weighted by atomic mass is 9.83. The van der Waals surface area contributed by atoms with E-state index in [1.54, 1.807) is 46.2 Å². The fraction of sp³-hybridized carbons (Fsp3) is 0.576. The number of piperidine rings is 3. The number of H-pyrrole nitrogens is 1. The van der Waals surface area contributed by atoms with Gasteiger partial charge in [-0.1, -0.05) is 69.5 Å². The molecule has 4 saturated heterocycles. The third kappa shape index (κ3) is 15.8. The van der Waals surface area contributed by atoms with Crippen LogP contribution in [0.1, 0.15) is 136 Å². The van der Waals surface area contributed by atoms with Crippen LogP contribution in [0.4, 0.5) is 8.78 Å². The van der Waals surface area contributed by atoms with Crippen molar-refractivity contribution in [2.45, 2.75) is 128 Å². The van der Waals surface area contributed by atoms with Crippen molar-refractivity contribution in [3.63, 3.8) is 0 Å². The van der Waals surface area contributed by atoms with E-state index in [0.29, 0.717) is 85.2 Å². The van der Waals surface area contributed by atoms with Crippen LogP contribution in [0.3, 0.4) is 0 Å². The summed E-state index contributed by atoms with van der Waals surface area (Å²) in [6, 6.07) is 17.4. The third-order valence-corrected chi connectivity index (χ3v) is 15.7. The number of piperazine rings is 1. The molecule has 17 heteroatoms. The van der Waals surface area contributed by atoms with Crippen molar-refractivity contribution in [3.05, 3.63) is 111 Å². The number of aromatic nitrogens is 2. The van der Waals surface area contributed by atoms with E-state index in [2.05, 4.69) is 25.3 Å². The molecule has 4 aromatic rings. The Bertz CT molecular complexity index is 2590. The molecule has 2 aliphatic carbocycles. The topological polar surface area (TPSA) is 169 Å². The normalized spacial score (nSPS) is 19.3. The molecule has 6 fully saturated rings. The van der Waals surface area contributed by atoms with Gasteiger partial charge in [-0.05, 0) is 119 Å². The monoisotopic (exact) mass is 1050 g/mol. The van der Waals surface area contributed by atoms with Crippen LogP contribution in [0.2, 0.25) is 0 Å². The molecule has 4 amide bonds. The molecule has 2 N–H and O–H groups in total. The first kappa shape index (κ1) is 57.8. The number of likely N-dealkylation sites (tertiary alicyclic amines) is 3. The van der Waals surface area contributed by atoms with Crippen molar-refractivity contribution in [1.29, 1.82) is 0 Å². The Morgan fingerprint density at radius 3 is 1.91 bits per heavy atom. The van der Waals surface area contributed by atoms with Crippen LogP contribution in [0.5, 0.6) is 0 Å². The smallest absolute Gasteiger partial charge is 0.272 e. The lowest BCUT2D eigenvalue weighted by Crippen LogP contribution is -2.53. The van der Waals surface area contributed by atoms with Gasteiger partial charge in [0.25, 0.3) is 11.5 Å². The molecule has 1 atom stereocenters. The first-order chi connectivity index (χ1) is 37.0. The summed E-state index contributed by atoms with van der Waals surface area (Å²) in [6.07, 6.45) is 16.7. The van der Waals surface area contributed by atoms with Crippen LogP contribution in [-0.4, -0.2) is 162 Å². The van der Waals surface area contributed by atoms with Gasteiger partial charge in [-0.2, -0.15) is 5.10 Å². The van der Waals surface area contributed by atoms with Gasteiger partial charge >= 0.3 is 0 Å². The quantitative estimate of drug-likeness (QED) is 0.135. The van der Waals surface area contributed by atoms with E-state index < -0.39 is 17.5 Å². The molecule has 0 spiro atoms. The number of nitrogens with zero attached hydrogens (tertiary/aromatic N) is 6. The summed E-state index contributed by atoms with van der Waals surface area (Å²) in [5.74, 6) is 0.132. The summed E-state index contributed by atoms with van der Waals surface area (Å²) in [5, 5.41) is 11.3. The van der Waals surface area contributed by atoms with Gasteiger partial charge in [-0.3, -0.25) is 33.7 Å². The minimum Gasteiger partial charge on any atom is -0.375 e. The van der Waals surface area contributed by atoms with Crippen molar-refractivity contribution in [2.24, 2.45) is 11.8 Å². The SMILES string of the molecule is CC.CNC(C(=O)N1CCC(OC2CCN(CC(=O)N3CCN(C(=O)c4cc(Cc5n[nH]c(=O)c6ccccc56)ccc4F)CC3)CC2)CC1)C1CCCCC1.O=C(C1CC1)N1CCCCC1.O=Cc1ccccc1F. The van der Waals surface area contributed by atoms with Crippen LogP contribution in [0.15, 0.2) is 71.5 Å². The van der Waals surface area contributed by atoms with Crippen molar-refractivity contribution >= 4 is 40.7 Å². The maximum atomic E-state index is 15.0. The highest BCUT2D eigenvalue weighted by molar-refractivity contribution is 5.95. The van der Waals surface area contributed by atoms with Gasteiger partial charge in [0.15, 0.2) is 6.29 Å². The van der Waals surface area contributed by atoms with Crippen LogP contribution >= 0.6 is 0 Å². The number of fused-ring (bicyclic) bond motifs is 1. The molecule has 0 radical (unpaired) electrons. The summed E-state index contributed by atoms with van der Waals surface area (Å²) < 4.78 is 33.9. The lowest BCUT2D eigenvalue weighted by molar-refractivity contribution is -0.140. The molecule has 3 aromatic carbocycles. The number of rotatable bonds is 12. The predicted octanol–water partition coefficient (Wildman–Crippen LogP) is 7.65. The summed E-state index contributed by atoms with van der Waals surface area (Å²) >= 11 is 0. The van der Waals surface area contributed by atoms with Crippen LogP contribution in [-0.2, 0) is 25.5 Å². The molecule has 10 rings (SSSR count). The van der Waals surface area contributed by atoms with Crippen molar-refractivity contribution in [3.8, 4) is 0 Å². The second kappa shape index (κ2) is 29.0. The largest absolute Gasteiger partial charge is 0.375 e. The molecule has 0 bridgehead atoms. The average Bonchev–Trinajstić information content (AvgIpc) is 4.34. The van der Waals surface area contributed by atoms with E-state index in [0.717, 1.165) is 90.6 Å². The highest BCUT2D eigenvalue weighted by Gasteiger charge is 2.36. The summed E-state index contributed by atoms with van der Waals surface area (Å²) in [6.45, 7) is 10.9. The Balaban J connectivity index is 0.000000314. The predicted molar refractivity (Wildman–Crippen MR) is 290 cm³/mol. The van der Waals surface area contributed by atoms with Crippen molar-refractivity contribution < 1.29 is 37.5 Å². The standard InChI is InChI=1S/C41H54FN7O5.C9H15NO.C7H5FO.C2H6/c1-43-38(29-7-3-2-4-8-29)41(53)48-19-15-31(16-20-48)54-30-13-17-46(18-14-30)27-37(50)47-21-23-49(24-22-47)40(52)34-25-28(11-12-35(34)42)26-36-32-9-5-6-10-33(32)39(51)45-44-36;11-9(8-4-5-8)10-6-2-1-3-7-10;8-7-4-2-1-3-6(7)5-9;1-2/h5-6,9-12,25,29-31,38,43H,2-4,7-8,13-24,26-27H2,1H3,(H,45,51);8H,1-7H2;1-5H;1-2H3. The fourth-order valence-electron chi connectivity index (χ4n) is 11.2. The zero-order valence-electron chi connectivity index (χ0n) is 45.0. The zero-order chi connectivity index (χ0) is 54.0. The Morgan fingerprint density at radius 2 is 1.29 bits per heavy atom. The number of carbonyl (C=O) groups is 5. The molecular formula is C59H80F2N8O7. The number of hydrogen-bond donors (Lipinski definition) is 2. The fourth-order valence-corrected chi connectivity index (χ4v) is 11.2. The van der Waals surface area contributed by atoms with Crippen LogP contribution in [0, 0.1) is 23.5 Å². The Kier molecular flexibility index (Phi) is 22.1. The van der Waals surface area contributed by atoms with E-state index >= 15 is 0 Å². The summed E-state index contributed by atoms with van der Waals surface area (Å²) in [7, 11) is 1.92. The molecule has 5 heterocycles. The lowest BCUT2D eigenvalue weighted by Gasteiger charge is -2.39. The highest BCUT2D eigenvalue weighted by Crippen LogP contribution is 2.32. The first-order valence-corrected chi connectivity index (χ1v) is 28.1. The third-order valence-electron chi connectivity index (χ3n) is 15.7. The number of carbonyl (C=O) groups excluding carboxylic acids is 5. The number of hydrogen-bond acceptors (Lipinski definition) is 10. The summed E-state index contributed by atoms with van der Waals surface area (Å²) in [5.41, 5.74) is 1.16. The molecule has 4 aliphatic heterocycles. The molecule has 6 aliphatic rings. The molecule has 1 unspecified atom stereocenters. The molecule has 412 valence electrons. The Hall–Kier alpha value is -5.91. The number of likely N-dealkylation sites (N-methyl/N-ethyl adjacent to an activating group) is 1. The number of halogens is 2. The maximum absolute atomic E-state index is 15.0. The van der Waals surface area contributed by atoms with Gasteiger partial charge in [0.1, 0.15) is 11.6 Å². The van der Waals surface area contributed by atoms with Gasteiger partial charge in [-0.15, -0.1) is 0 Å². The van der Waals surface area contributed by atoms with Crippen molar-refractivity contribution in [1.82, 2.24) is 40.0 Å². The number of ether oxygens (including phenoxy) is 1. The number of amides is 4. The van der Waals surface area contributed by atoms with E-state index in [4.69, 9.17) is 4.74 Å². The number of benzene rings is 3. The molecule has 76 heavy (non-hydrogen) atoms. The average molecular weight is 1050 g/mol. The number of nitrogens with one attached hydrogen (secondary N) is 2. The van der Waals surface area contributed by atoms with E-state index in [9.17, 15) is 37.5 Å². The maximum Gasteiger partial charge on any atom is 0.272 e. The summed E-state index contributed by atoms with van der Waals surface area (Å²) in [4.78, 5) is 83.4. The number of aromatic amines is 1. The van der Waals surface area contributed by atoms with Crippen molar-refractivity contribution in [2.75, 3.05) is 79.0 Å². The minimum atomic E-state index is -0.595. The zero-order valence-corrected chi connectivity index (χ0v) is 45.0. The number of aldehydes is 1. The van der Waals surface area contributed by atoms with Gasteiger partial charge in [0.2, 0.25) is 17.7 Å².